The fourth-order valence-corrected chi connectivity index (χ4v) is 0.983. The van der Waals surface area contributed by atoms with Crippen molar-refractivity contribution in [3.05, 3.63) is 40.4 Å². The minimum atomic E-state index is -1.28. The van der Waals surface area contributed by atoms with Gasteiger partial charge < -0.3 is 5.11 Å². The third-order valence-corrected chi connectivity index (χ3v) is 2.23. The van der Waals surface area contributed by atoms with Gasteiger partial charge in [0.15, 0.2) is 0 Å². The number of benzene rings is 1. The van der Waals surface area contributed by atoms with Crippen LogP contribution in [0.3, 0.4) is 0 Å². The van der Waals surface area contributed by atoms with Crippen LogP contribution in [0.4, 0.5) is 5.69 Å². The summed E-state index contributed by atoms with van der Waals surface area (Å²) in [6.07, 6.45) is 1.20. The summed E-state index contributed by atoms with van der Waals surface area (Å²) in [5.74, 6) is -1.28. The van der Waals surface area contributed by atoms with Gasteiger partial charge in [-0.05, 0) is 12.1 Å². The normalized spacial score (nSPS) is 12.7. The number of hydrogen-bond acceptors (Lipinski definition) is 2. The quantitative estimate of drug-likeness (QED) is 0.655. The number of aliphatic imine (C=N–C) groups is 1. The molecule has 0 radical (unpaired) electrons. The molecule has 15 heavy (non-hydrogen) atoms. The molecule has 5 heteroatoms. The topological polar surface area (TPSA) is 49.7 Å². The maximum Gasteiger partial charge on any atom is 0.348 e. The summed E-state index contributed by atoms with van der Waals surface area (Å²) in [5.41, 5.74) is 0.672. The Morgan fingerprint density at radius 1 is 1.27 bits per heavy atom. The van der Waals surface area contributed by atoms with Crippen molar-refractivity contribution < 1.29 is 9.90 Å². The summed E-state index contributed by atoms with van der Waals surface area (Å²) < 4.78 is 0. The van der Waals surface area contributed by atoms with Crippen LogP contribution in [0.25, 0.3) is 0 Å². The number of carboxylic acid groups (broad SMARTS) is 1. The van der Waals surface area contributed by atoms with Crippen molar-refractivity contribution >= 4 is 41.1 Å². The van der Waals surface area contributed by atoms with Crippen molar-refractivity contribution in [1.82, 2.24) is 0 Å². The summed E-state index contributed by atoms with van der Waals surface area (Å²) in [4.78, 5) is 14.4. The number of para-hydroxylation sites is 1. The first-order chi connectivity index (χ1) is 7.11. The van der Waals surface area contributed by atoms with E-state index in [1.807, 2.05) is 18.2 Å². The Balaban J connectivity index is 2.83. The molecular formula is C10H7Cl2NO2. The monoisotopic (exact) mass is 243 g/mol. The van der Waals surface area contributed by atoms with Crippen molar-refractivity contribution in [3.8, 4) is 0 Å². The summed E-state index contributed by atoms with van der Waals surface area (Å²) in [7, 11) is 0. The van der Waals surface area contributed by atoms with Gasteiger partial charge in [-0.3, -0.25) is 4.99 Å². The highest BCUT2D eigenvalue weighted by molar-refractivity contribution is 6.51. The van der Waals surface area contributed by atoms with E-state index in [-0.39, 0.29) is 5.03 Å². The van der Waals surface area contributed by atoms with Crippen LogP contribution >= 0.6 is 23.2 Å². The fraction of sp³-hybridized carbons (Fsp3) is 0. The molecule has 1 N–H and O–H groups in total. The predicted octanol–water partition coefficient (Wildman–Crippen LogP) is 3.16. The zero-order valence-corrected chi connectivity index (χ0v) is 9.03. The number of aliphatic carboxylic acids is 1. The highest BCUT2D eigenvalue weighted by Crippen LogP contribution is 2.15. The van der Waals surface area contributed by atoms with Crippen molar-refractivity contribution in [1.29, 1.82) is 0 Å². The lowest BCUT2D eigenvalue weighted by Crippen LogP contribution is -1.96. The Labute approximate surface area is 96.7 Å². The second kappa shape index (κ2) is 5.53. The maximum absolute atomic E-state index is 10.4. The van der Waals surface area contributed by atoms with Crippen LogP contribution in [0, 0.1) is 0 Å². The molecule has 0 saturated heterocycles. The molecule has 0 aliphatic carbocycles. The van der Waals surface area contributed by atoms with Crippen molar-refractivity contribution in [2.75, 3.05) is 0 Å². The van der Waals surface area contributed by atoms with Gasteiger partial charge in [-0.25, -0.2) is 4.79 Å². The molecule has 0 fully saturated rings. The Morgan fingerprint density at radius 3 is 2.40 bits per heavy atom. The second-order valence-electron chi connectivity index (χ2n) is 2.56. The molecule has 0 saturated carbocycles. The fourth-order valence-electron chi connectivity index (χ4n) is 0.804. The molecule has 0 heterocycles. The molecule has 3 nitrogen and oxygen atoms in total. The van der Waals surface area contributed by atoms with Crippen LogP contribution in [-0.2, 0) is 4.79 Å². The number of halogens is 2. The zero-order valence-electron chi connectivity index (χ0n) is 7.52. The van der Waals surface area contributed by atoms with Gasteiger partial charge in [0.05, 0.1) is 10.7 Å². The van der Waals surface area contributed by atoms with E-state index >= 15 is 0 Å². The molecule has 0 aliphatic heterocycles. The highest BCUT2D eigenvalue weighted by Gasteiger charge is 2.07. The standard InChI is InChI=1S/C10H7Cl2NO2/c11-8(9(12)10(14)15)6-13-7-4-2-1-3-5-7/h1-6H,(H,14,15)/b9-8-,13-6?. The second-order valence-corrected chi connectivity index (χ2v) is 3.35. The van der Waals surface area contributed by atoms with Gasteiger partial charge in [0.2, 0.25) is 0 Å². The number of hydrogen-bond donors (Lipinski definition) is 1. The van der Waals surface area contributed by atoms with Gasteiger partial charge in [-0.15, -0.1) is 0 Å². The van der Waals surface area contributed by atoms with Crippen LogP contribution in [0.5, 0.6) is 0 Å². The van der Waals surface area contributed by atoms with Gasteiger partial charge in [-0.2, -0.15) is 0 Å². The molecule has 0 bridgehead atoms. The van der Waals surface area contributed by atoms with E-state index in [0.717, 1.165) is 0 Å². The van der Waals surface area contributed by atoms with Gasteiger partial charge in [0, 0.05) is 6.21 Å². The summed E-state index contributed by atoms with van der Waals surface area (Å²) in [6, 6.07) is 8.98. The van der Waals surface area contributed by atoms with Crippen LogP contribution in [0.1, 0.15) is 0 Å². The lowest BCUT2D eigenvalue weighted by molar-refractivity contribution is -0.131. The predicted molar refractivity (Wildman–Crippen MR) is 61.0 cm³/mol. The molecule has 0 aliphatic rings. The van der Waals surface area contributed by atoms with Gasteiger partial charge >= 0.3 is 5.97 Å². The maximum atomic E-state index is 10.4. The van der Waals surface area contributed by atoms with Crippen molar-refractivity contribution in [2.45, 2.75) is 0 Å². The number of carbonyl (C=O) groups is 1. The Morgan fingerprint density at radius 2 is 1.87 bits per heavy atom. The molecule has 1 aromatic rings. The van der Waals surface area contributed by atoms with E-state index in [2.05, 4.69) is 4.99 Å². The molecule has 0 spiro atoms. The summed E-state index contributed by atoms with van der Waals surface area (Å²) in [6.45, 7) is 0. The van der Waals surface area contributed by atoms with Gasteiger partial charge in [-0.1, -0.05) is 41.4 Å². The lowest BCUT2D eigenvalue weighted by Gasteiger charge is -1.93. The smallest absolute Gasteiger partial charge is 0.348 e. The van der Waals surface area contributed by atoms with E-state index < -0.39 is 11.0 Å². The number of rotatable bonds is 3. The zero-order chi connectivity index (χ0) is 11.3. The molecule has 1 rings (SSSR count). The molecule has 0 unspecified atom stereocenters. The van der Waals surface area contributed by atoms with Gasteiger partial charge in [0.25, 0.3) is 0 Å². The van der Waals surface area contributed by atoms with Crippen LogP contribution in [0.2, 0.25) is 0 Å². The largest absolute Gasteiger partial charge is 0.477 e. The van der Waals surface area contributed by atoms with E-state index in [1.54, 1.807) is 12.1 Å². The van der Waals surface area contributed by atoms with Gasteiger partial charge in [0.1, 0.15) is 5.03 Å². The van der Waals surface area contributed by atoms with Crippen LogP contribution in [-0.4, -0.2) is 17.3 Å². The number of nitrogens with zero attached hydrogens (tertiary/aromatic N) is 1. The molecule has 0 amide bonds. The Kier molecular flexibility index (Phi) is 4.34. The first-order valence-electron chi connectivity index (χ1n) is 3.99. The van der Waals surface area contributed by atoms with E-state index in [1.165, 1.54) is 6.21 Å². The lowest BCUT2D eigenvalue weighted by atomic mass is 10.3. The minimum Gasteiger partial charge on any atom is -0.477 e. The van der Waals surface area contributed by atoms with E-state index in [9.17, 15) is 4.79 Å². The van der Waals surface area contributed by atoms with E-state index in [0.29, 0.717) is 5.69 Å². The van der Waals surface area contributed by atoms with Crippen LogP contribution < -0.4 is 0 Å². The SMILES string of the molecule is O=C(O)/C(Cl)=C(/Cl)C=Nc1ccccc1. The summed E-state index contributed by atoms with van der Waals surface area (Å²) in [5, 5.41) is 7.96. The Bertz CT molecular complexity index is 413. The summed E-state index contributed by atoms with van der Waals surface area (Å²) >= 11 is 11.0. The first-order valence-corrected chi connectivity index (χ1v) is 4.74. The van der Waals surface area contributed by atoms with E-state index in [4.69, 9.17) is 28.3 Å². The molecule has 78 valence electrons. The first kappa shape index (κ1) is 11.8. The minimum absolute atomic E-state index is 0.104. The third kappa shape index (κ3) is 3.73. The molecular weight excluding hydrogens is 237 g/mol. The molecule has 0 atom stereocenters. The van der Waals surface area contributed by atoms with Crippen molar-refractivity contribution in [2.24, 2.45) is 4.99 Å². The number of carboxylic acids is 1. The average Bonchev–Trinajstić information content (AvgIpc) is 2.26. The average molecular weight is 244 g/mol. The number of allylic oxidation sites excluding steroid dienone is 1. The van der Waals surface area contributed by atoms with Crippen molar-refractivity contribution in [3.63, 3.8) is 0 Å². The third-order valence-electron chi connectivity index (χ3n) is 1.48. The Hall–Kier alpha value is -1.32. The molecule has 1 aromatic carbocycles. The molecule has 0 aromatic heterocycles. The van der Waals surface area contributed by atoms with Crippen LogP contribution in [0.15, 0.2) is 45.4 Å². The highest BCUT2D eigenvalue weighted by atomic mass is 35.5.